The lowest BCUT2D eigenvalue weighted by Crippen LogP contribution is -1.92. The maximum atomic E-state index is 13.8. The van der Waals surface area contributed by atoms with Gasteiger partial charge in [0, 0.05) is 5.56 Å². The van der Waals surface area contributed by atoms with Crippen molar-refractivity contribution < 1.29 is 4.39 Å². The number of anilines is 1. The molecule has 0 amide bonds. The SMILES string of the molecule is Cc1ccccc1-c1cc(Cl)c(N)cc1F. The van der Waals surface area contributed by atoms with E-state index in [0.717, 1.165) is 11.1 Å². The highest BCUT2D eigenvalue weighted by atomic mass is 35.5. The number of rotatable bonds is 1. The van der Waals surface area contributed by atoms with Crippen molar-refractivity contribution in [2.45, 2.75) is 6.92 Å². The van der Waals surface area contributed by atoms with E-state index in [2.05, 4.69) is 0 Å². The molecule has 0 aliphatic rings. The Morgan fingerprint density at radius 2 is 1.81 bits per heavy atom. The van der Waals surface area contributed by atoms with Crippen molar-refractivity contribution in [1.82, 2.24) is 0 Å². The summed E-state index contributed by atoms with van der Waals surface area (Å²) in [5.74, 6) is -0.351. The molecular formula is C13H11ClFN. The summed E-state index contributed by atoms with van der Waals surface area (Å²) in [6.45, 7) is 1.93. The molecule has 0 saturated heterocycles. The van der Waals surface area contributed by atoms with Gasteiger partial charge in [0.2, 0.25) is 0 Å². The molecule has 3 heteroatoms. The lowest BCUT2D eigenvalue weighted by atomic mass is 10.00. The zero-order valence-electron chi connectivity index (χ0n) is 8.80. The Morgan fingerprint density at radius 3 is 2.50 bits per heavy atom. The van der Waals surface area contributed by atoms with E-state index in [4.69, 9.17) is 17.3 Å². The van der Waals surface area contributed by atoms with Crippen molar-refractivity contribution in [3.8, 4) is 11.1 Å². The maximum Gasteiger partial charge on any atom is 0.133 e. The lowest BCUT2D eigenvalue weighted by molar-refractivity contribution is 0.632. The van der Waals surface area contributed by atoms with Crippen LogP contribution in [-0.2, 0) is 0 Å². The quantitative estimate of drug-likeness (QED) is 0.742. The molecule has 0 radical (unpaired) electrons. The zero-order valence-corrected chi connectivity index (χ0v) is 9.55. The highest BCUT2D eigenvalue weighted by Gasteiger charge is 2.10. The highest BCUT2D eigenvalue weighted by molar-refractivity contribution is 6.33. The van der Waals surface area contributed by atoms with Crippen LogP contribution >= 0.6 is 11.6 Å². The van der Waals surface area contributed by atoms with Gasteiger partial charge >= 0.3 is 0 Å². The number of nitrogen functional groups attached to an aromatic ring is 1. The summed E-state index contributed by atoms with van der Waals surface area (Å²) in [5, 5.41) is 0.375. The fourth-order valence-electron chi connectivity index (χ4n) is 1.64. The van der Waals surface area contributed by atoms with E-state index in [9.17, 15) is 4.39 Å². The molecule has 0 bridgehead atoms. The smallest absolute Gasteiger partial charge is 0.133 e. The van der Waals surface area contributed by atoms with E-state index in [-0.39, 0.29) is 11.5 Å². The number of nitrogens with two attached hydrogens (primary N) is 1. The van der Waals surface area contributed by atoms with Crippen LogP contribution in [0.2, 0.25) is 5.02 Å². The normalized spacial score (nSPS) is 10.4. The van der Waals surface area contributed by atoms with Gasteiger partial charge in [-0.3, -0.25) is 0 Å². The molecule has 0 fully saturated rings. The molecule has 2 N–H and O–H groups in total. The largest absolute Gasteiger partial charge is 0.397 e. The summed E-state index contributed by atoms with van der Waals surface area (Å²) >= 11 is 5.90. The molecule has 16 heavy (non-hydrogen) atoms. The summed E-state index contributed by atoms with van der Waals surface area (Å²) in [7, 11) is 0. The predicted molar refractivity (Wildman–Crippen MR) is 66.0 cm³/mol. The van der Waals surface area contributed by atoms with Crippen molar-refractivity contribution >= 4 is 17.3 Å². The topological polar surface area (TPSA) is 26.0 Å². The summed E-state index contributed by atoms with van der Waals surface area (Å²) in [4.78, 5) is 0. The van der Waals surface area contributed by atoms with E-state index >= 15 is 0 Å². The van der Waals surface area contributed by atoms with Gasteiger partial charge in [0.25, 0.3) is 0 Å². The van der Waals surface area contributed by atoms with Crippen LogP contribution < -0.4 is 5.73 Å². The van der Waals surface area contributed by atoms with Gasteiger partial charge in [-0.15, -0.1) is 0 Å². The van der Waals surface area contributed by atoms with Crippen LogP contribution in [-0.4, -0.2) is 0 Å². The van der Waals surface area contributed by atoms with Gasteiger partial charge in [0.15, 0.2) is 0 Å². The predicted octanol–water partition coefficient (Wildman–Crippen LogP) is 4.04. The third-order valence-electron chi connectivity index (χ3n) is 2.52. The van der Waals surface area contributed by atoms with Crippen LogP contribution in [0.25, 0.3) is 11.1 Å². The average molecular weight is 236 g/mol. The molecule has 0 saturated carbocycles. The van der Waals surface area contributed by atoms with Gasteiger partial charge in [-0.2, -0.15) is 0 Å². The Morgan fingerprint density at radius 1 is 1.12 bits per heavy atom. The standard InChI is InChI=1S/C13H11ClFN/c1-8-4-2-3-5-9(8)10-6-11(14)13(16)7-12(10)15/h2-7H,16H2,1H3. The number of hydrogen-bond acceptors (Lipinski definition) is 1. The third-order valence-corrected chi connectivity index (χ3v) is 2.85. The Bertz CT molecular complexity index is 537. The minimum atomic E-state index is -0.351. The first-order chi connectivity index (χ1) is 7.59. The minimum absolute atomic E-state index is 0.261. The molecule has 2 aromatic carbocycles. The first-order valence-electron chi connectivity index (χ1n) is 4.90. The van der Waals surface area contributed by atoms with Gasteiger partial charge in [-0.25, -0.2) is 4.39 Å². The van der Waals surface area contributed by atoms with Crippen molar-refractivity contribution in [3.63, 3.8) is 0 Å². The van der Waals surface area contributed by atoms with E-state index in [1.165, 1.54) is 6.07 Å². The van der Waals surface area contributed by atoms with E-state index in [1.54, 1.807) is 6.07 Å². The summed E-state index contributed by atoms with van der Waals surface area (Å²) in [6, 6.07) is 10.4. The first-order valence-corrected chi connectivity index (χ1v) is 5.28. The van der Waals surface area contributed by atoms with E-state index in [1.807, 2.05) is 31.2 Å². The fraction of sp³-hybridized carbons (Fsp3) is 0.0769. The Kier molecular flexibility index (Phi) is 2.84. The van der Waals surface area contributed by atoms with Crippen molar-refractivity contribution in [1.29, 1.82) is 0 Å². The minimum Gasteiger partial charge on any atom is -0.397 e. The number of halogens is 2. The van der Waals surface area contributed by atoms with Gasteiger partial charge in [-0.05, 0) is 30.2 Å². The Labute approximate surface area is 98.7 Å². The van der Waals surface area contributed by atoms with Crippen molar-refractivity contribution in [2.75, 3.05) is 5.73 Å². The molecule has 1 nitrogen and oxygen atoms in total. The number of hydrogen-bond donors (Lipinski definition) is 1. The molecule has 0 unspecified atom stereocenters. The molecular weight excluding hydrogens is 225 g/mol. The second-order valence-electron chi connectivity index (χ2n) is 3.67. The van der Waals surface area contributed by atoms with E-state index in [0.29, 0.717) is 10.6 Å². The molecule has 2 aromatic rings. The second-order valence-corrected chi connectivity index (χ2v) is 4.08. The molecule has 0 aliphatic carbocycles. The first kappa shape index (κ1) is 11.0. The molecule has 0 atom stereocenters. The molecule has 0 aliphatic heterocycles. The van der Waals surface area contributed by atoms with Gasteiger partial charge in [0.1, 0.15) is 5.82 Å². The lowest BCUT2D eigenvalue weighted by Gasteiger charge is -2.08. The number of benzene rings is 2. The molecule has 2 rings (SSSR count). The van der Waals surface area contributed by atoms with Crippen molar-refractivity contribution in [2.24, 2.45) is 0 Å². The fourth-order valence-corrected chi connectivity index (χ4v) is 1.81. The summed E-state index contributed by atoms with van der Waals surface area (Å²) in [5.41, 5.74) is 8.12. The molecule has 0 spiro atoms. The second kappa shape index (κ2) is 4.14. The van der Waals surface area contributed by atoms with Crippen LogP contribution in [0.15, 0.2) is 36.4 Å². The van der Waals surface area contributed by atoms with Crippen LogP contribution in [0, 0.1) is 12.7 Å². The third kappa shape index (κ3) is 1.89. The van der Waals surface area contributed by atoms with E-state index < -0.39 is 0 Å². The van der Waals surface area contributed by atoms with Crippen molar-refractivity contribution in [3.05, 3.63) is 52.8 Å². The molecule has 0 aromatic heterocycles. The Balaban J connectivity index is 2.65. The van der Waals surface area contributed by atoms with Gasteiger partial charge < -0.3 is 5.73 Å². The monoisotopic (exact) mass is 235 g/mol. The summed E-state index contributed by atoms with van der Waals surface area (Å²) < 4.78 is 13.8. The zero-order chi connectivity index (χ0) is 11.7. The number of aryl methyl sites for hydroxylation is 1. The molecule has 0 heterocycles. The average Bonchev–Trinajstić information content (AvgIpc) is 2.25. The van der Waals surface area contributed by atoms with Crippen LogP contribution in [0.5, 0.6) is 0 Å². The van der Waals surface area contributed by atoms with Gasteiger partial charge in [0.05, 0.1) is 10.7 Å². The molecule has 82 valence electrons. The highest BCUT2D eigenvalue weighted by Crippen LogP contribution is 2.31. The van der Waals surface area contributed by atoms with Crippen LogP contribution in [0.1, 0.15) is 5.56 Å². The maximum absolute atomic E-state index is 13.8. The van der Waals surface area contributed by atoms with Gasteiger partial charge in [-0.1, -0.05) is 35.9 Å². The summed E-state index contributed by atoms with van der Waals surface area (Å²) in [6.07, 6.45) is 0. The van der Waals surface area contributed by atoms with Crippen LogP contribution in [0.4, 0.5) is 10.1 Å². The Hall–Kier alpha value is -1.54. The van der Waals surface area contributed by atoms with Crippen LogP contribution in [0.3, 0.4) is 0 Å².